The summed E-state index contributed by atoms with van der Waals surface area (Å²) in [6, 6.07) is 8.23. The highest BCUT2D eigenvalue weighted by molar-refractivity contribution is 5.92. The number of aliphatic hydroxyl groups excluding tert-OH is 2. The van der Waals surface area contributed by atoms with Crippen molar-refractivity contribution in [3.05, 3.63) is 35.9 Å². The van der Waals surface area contributed by atoms with E-state index in [0.29, 0.717) is 6.42 Å². The van der Waals surface area contributed by atoms with E-state index in [2.05, 4.69) is 10.6 Å². The van der Waals surface area contributed by atoms with Crippen LogP contribution in [-0.4, -0.2) is 51.4 Å². The van der Waals surface area contributed by atoms with Crippen molar-refractivity contribution in [2.75, 3.05) is 0 Å². The zero-order valence-corrected chi connectivity index (χ0v) is 14.2. The molecule has 0 saturated heterocycles. The van der Waals surface area contributed by atoms with Gasteiger partial charge in [-0.2, -0.15) is 0 Å². The van der Waals surface area contributed by atoms with E-state index in [1.165, 1.54) is 0 Å². The van der Waals surface area contributed by atoms with Crippen LogP contribution in [0.5, 0.6) is 0 Å². The van der Waals surface area contributed by atoms with Crippen LogP contribution in [0.1, 0.15) is 25.8 Å². The standard InChI is InChI=1S/C17H24N2O6/c1-10(2)8-12(19-16(23)13(20)14(21)17(24)25)15(22)18-9-11-6-4-3-5-7-11/h3-7,10,12-14,20-21H,8-9H2,1-2H3,(H,18,22)(H,19,23)(H,24,25)/t12-,13-,14-/m0/s1. The predicted octanol–water partition coefficient (Wildman–Crippen LogP) is -0.360. The van der Waals surface area contributed by atoms with Crippen LogP contribution in [0, 0.1) is 5.92 Å². The summed E-state index contributed by atoms with van der Waals surface area (Å²) in [6.45, 7) is 3.97. The first kappa shape index (κ1) is 20.6. The van der Waals surface area contributed by atoms with Gasteiger partial charge in [0, 0.05) is 6.54 Å². The van der Waals surface area contributed by atoms with Gasteiger partial charge in [-0.3, -0.25) is 9.59 Å². The summed E-state index contributed by atoms with van der Waals surface area (Å²) < 4.78 is 0. The van der Waals surface area contributed by atoms with Crippen molar-refractivity contribution >= 4 is 17.8 Å². The van der Waals surface area contributed by atoms with Crippen molar-refractivity contribution in [2.45, 2.75) is 45.1 Å². The fraction of sp³-hybridized carbons (Fsp3) is 0.471. The molecule has 8 nitrogen and oxygen atoms in total. The molecule has 0 aromatic heterocycles. The number of aliphatic hydroxyl groups is 2. The lowest BCUT2D eigenvalue weighted by Gasteiger charge is -2.22. The molecule has 1 aromatic rings. The molecule has 1 aromatic carbocycles. The highest BCUT2D eigenvalue weighted by Gasteiger charge is 2.32. The Kier molecular flexibility index (Phi) is 8.03. The Morgan fingerprint density at radius 2 is 1.60 bits per heavy atom. The fourth-order valence-corrected chi connectivity index (χ4v) is 2.15. The fourth-order valence-electron chi connectivity index (χ4n) is 2.15. The minimum absolute atomic E-state index is 0.0642. The minimum Gasteiger partial charge on any atom is -0.479 e. The Labute approximate surface area is 145 Å². The number of rotatable bonds is 9. The summed E-state index contributed by atoms with van der Waals surface area (Å²) in [5, 5.41) is 32.4. The van der Waals surface area contributed by atoms with E-state index >= 15 is 0 Å². The molecule has 0 fully saturated rings. The molecule has 0 aliphatic carbocycles. The SMILES string of the molecule is CC(C)C[C@H](NC(=O)[C@@H](O)[C@H](O)C(=O)O)C(=O)NCc1ccccc1. The van der Waals surface area contributed by atoms with Crippen molar-refractivity contribution in [1.29, 1.82) is 0 Å². The van der Waals surface area contributed by atoms with Crippen LogP contribution in [0.4, 0.5) is 0 Å². The molecule has 3 atom stereocenters. The molecular formula is C17H24N2O6. The quantitative estimate of drug-likeness (QED) is 0.412. The number of carboxylic acid groups (broad SMARTS) is 1. The molecule has 5 N–H and O–H groups in total. The van der Waals surface area contributed by atoms with E-state index in [0.717, 1.165) is 5.56 Å². The van der Waals surface area contributed by atoms with Crippen LogP contribution < -0.4 is 10.6 Å². The van der Waals surface area contributed by atoms with Crippen molar-refractivity contribution in [2.24, 2.45) is 5.92 Å². The van der Waals surface area contributed by atoms with Gasteiger partial charge in [-0.05, 0) is 17.9 Å². The molecule has 0 radical (unpaired) electrons. The van der Waals surface area contributed by atoms with Gasteiger partial charge < -0.3 is 26.0 Å². The van der Waals surface area contributed by atoms with Crippen LogP contribution in [-0.2, 0) is 20.9 Å². The first-order chi connectivity index (χ1) is 11.7. The van der Waals surface area contributed by atoms with Gasteiger partial charge >= 0.3 is 5.97 Å². The third kappa shape index (κ3) is 6.90. The van der Waals surface area contributed by atoms with Gasteiger partial charge in [0.1, 0.15) is 6.04 Å². The molecule has 8 heteroatoms. The van der Waals surface area contributed by atoms with Gasteiger partial charge in [0.25, 0.3) is 5.91 Å². The van der Waals surface area contributed by atoms with E-state index in [1.54, 1.807) is 0 Å². The third-order valence-electron chi connectivity index (χ3n) is 3.47. The molecule has 0 unspecified atom stereocenters. The summed E-state index contributed by atoms with van der Waals surface area (Å²) in [5.74, 6) is -3.23. The van der Waals surface area contributed by atoms with Crippen LogP contribution in [0.15, 0.2) is 30.3 Å². The highest BCUT2D eigenvalue weighted by Crippen LogP contribution is 2.07. The zero-order valence-electron chi connectivity index (χ0n) is 14.2. The Bertz CT molecular complexity index is 590. The van der Waals surface area contributed by atoms with E-state index in [9.17, 15) is 24.6 Å². The highest BCUT2D eigenvalue weighted by atomic mass is 16.4. The Hall–Kier alpha value is -2.45. The number of hydrogen-bond acceptors (Lipinski definition) is 5. The molecule has 138 valence electrons. The molecule has 1 rings (SSSR count). The number of carbonyl (C=O) groups excluding carboxylic acids is 2. The molecule has 2 amide bonds. The van der Waals surface area contributed by atoms with Crippen LogP contribution in [0.3, 0.4) is 0 Å². The maximum Gasteiger partial charge on any atom is 0.335 e. The number of benzene rings is 1. The van der Waals surface area contributed by atoms with Gasteiger partial charge in [-0.1, -0.05) is 44.2 Å². The van der Waals surface area contributed by atoms with Gasteiger partial charge in [0.15, 0.2) is 12.2 Å². The van der Waals surface area contributed by atoms with Crippen molar-refractivity contribution in [1.82, 2.24) is 10.6 Å². The molecule has 0 spiro atoms. The normalized spacial score (nSPS) is 14.4. The number of carbonyl (C=O) groups is 3. The lowest BCUT2D eigenvalue weighted by molar-refractivity contribution is -0.158. The lowest BCUT2D eigenvalue weighted by Crippen LogP contribution is -2.53. The zero-order chi connectivity index (χ0) is 19.0. The second kappa shape index (κ2) is 9.75. The third-order valence-corrected chi connectivity index (χ3v) is 3.47. The first-order valence-corrected chi connectivity index (χ1v) is 7.93. The largest absolute Gasteiger partial charge is 0.479 e. The Morgan fingerprint density at radius 1 is 1.00 bits per heavy atom. The minimum atomic E-state index is -2.26. The summed E-state index contributed by atoms with van der Waals surface area (Å²) in [6.07, 6.45) is -4.12. The van der Waals surface area contributed by atoms with Crippen molar-refractivity contribution in [3.63, 3.8) is 0 Å². The maximum absolute atomic E-state index is 12.3. The topological polar surface area (TPSA) is 136 Å². The van der Waals surface area contributed by atoms with E-state index < -0.39 is 36.0 Å². The second-order valence-corrected chi connectivity index (χ2v) is 6.12. The summed E-state index contributed by atoms with van der Waals surface area (Å²) in [7, 11) is 0. The summed E-state index contributed by atoms with van der Waals surface area (Å²) >= 11 is 0. The average molecular weight is 352 g/mol. The molecule has 0 heterocycles. The molecule has 25 heavy (non-hydrogen) atoms. The molecule has 0 aliphatic heterocycles. The van der Waals surface area contributed by atoms with Gasteiger partial charge in [0.05, 0.1) is 0 Å². The number of nitrogens with one attached hydrogen (secondary N) is 2. The second-order valence-electron chi connectivity index (χ2n) is 6.12. The van der Waals surface area contributed by atoms with Crippen LogP contribution in [0.25, 0.3) is 0 Å². The van der Waals surface area contributed by atoms with E-state index in [-0.39, 0.29) is 12.5 Å². The van der Waals surface area contributed by atoms with Crippen molar-refractivity contribution < 1.29 is 29.7 Å². The number of carboxylic acids is 1. The first-order valence-electron chi connectivity index (χ1n) is 7.93. The average Bonchev–Trinajstić information content (AvgIpc) is 2.58. The molecule has 0 aliphatic rings. The predicted molar refractivity (Wildman–Crippen MR) is 89.3 cm³/mol. The Balaban J connectivity index is 2.70. The monoisotopic (exact) mass is 352 g/mol. The van der Waals surface area contributed by atoms with Crippen LogP contribution >= 0.6 is 0 Å². The summed E-state index contributed by atoms with van der Waals surface area (Å²) in [4.78, 5) is 34.9. The Morgan fingerprint density at radius 3 is 2.12 bits per heavy atom. The van der Waals surface area contributed by atoms with E-state index in [1.807, 2.05) is 44.2 Å². The molecule has 0 saturated carbocycles. The van der Waals surface area contributed by atoms with Gasteiger partial charge in [-0.25, -0.2) is 4.79 Å². The van der Waals surface area contributed by atoms with Crippen LogP contribution in [0.2, 0.25) is 0 Å². The maximum atomic E-state index is 12.3. The van der Waals surface area contributed by atoms with E-state index in [4.69, 9.17) is 5.11 Å². The number of hydrogen-bond donors (Lipinski definition) is 5. The van der Waals surface area contributed by atoms with Gasteiger partial charge in [-0.15, -0.1) is 0 Å². The summed E-state index contributed by atoms with van der Waals surface area (Å²) in [5.41, 5.74) is 0.881. The lowest BCUT2D eigenvalue weighted by atomic mass is 10.0. The molecular weight excluding hydrogens is 328 g/mol. The number of aliphatic carboxylic acids is 1. The van der Waals surface area contributed by atoms with Crippen molar-refractivity contribution in [3.8, 4) is 0 Å². The smallest absolute Gasteiger partial charge is 0.335 e. The van der Waals surface area contributed by atoms with Gasteiger partial charge in [0.2, 0.25) is 5.91 Å². The number of amides is 2. The molecule has 0 bridgehead atoms.